The standard InChI is InChI=1S/C14H23NO2S/c1-10(2)15(11(3)4)18(16,17)14-9-12(5)7-8-13(14)6/h7-11H,1-6H3. The Morgan fingerprint density at radius 1 is 1.00 bits per heavy atom. The molecule has 1 rings (SSSR count). The Morgan fingerprint density at radius 3 is 1.94 bits per heavy atom. The first-order chi connectivity index (χ1) is 8.17. The van der Waals surface area contributed by atoms with Crippen LogP contribution in [0.25, 0.3) is 0 Å². The van der Waals surface area contributed by atoms with Gasteiger partial charge in [0, 0.05) is 12.1 Å². The van der Waals surface area contributed by atoms with Crippen LogP contribution in [0.5, 0.6) is 0 Å². The van der Waals surface area contributed by atoms with Gasteiger partial charge >= 0.3 is 0 Å². The second-order valence-electron chi connectivity index (χ2n) is 5.29. The normalized spacial score (nSPS) is 12.7. The van der Waals surface area contributed by atoms with Crippen molar-refractivity contribution in [3.05, 3.63) is 29.3 Å². The lowest BCUT2D eigenvalue weighted by atomic mass is 10.2. The number of hydrogen-bond acceptors (Lipinski definition) is 2. The van der Waals surface area contributed by atoms with E-state index in [1.165, 1.54) is 0 Å². The lowest BCUT2D eigenvalue weighted by molar-refractivity contribution is 0.302. The summed E-state index contributed by atoms with van der Waals surface area (Å²) in [6.45, 7) is 11.4. The maximum atomic E-state index is 12.7. The number of sulfonamides is 1. The summed E-state index contributed by atoms with van der Waals surface area (Å²) in [5, 5.41) is 0. The molecule has 0 amide bonds. The summed E-state index contributed by atoms with van der Waals surface area (Å²) in [7, 11) is -3.42. The molecule has 18 heavy (non-hydrogen) atoms. The van der Waals surface area contributed by atoms with Crippen molar-refractivity contribution < 1.29 is 8.42 Å². The highest BCUT2D eigenvalue weighted by Gasteiger charge is 2.30. The van der Waals surface area contributed by atoms with Crippen molar-refractivity contribution >= 4 is 10.0 Å². The molecule has 0 saturated carbocycles. The highest BCUT2D eigenvalue weighted by atomic mass is 32.2. The number of benzene rings is 1. The molecule has 0 saturated heterocycles. The molecule has 0 aliphatic heterocycles. The van der Waals surface area contributed by atoms with Crippen LogP contribution in [0.4, 0.5) is 0 Å². The third-order valence-corrected chi connectivity index (χ3v) is 5.31. The molecular formula is C14H23NO2S. The van der Waals surface area contributed by atoms with E-state index in [4.69, 9.17) is 0 Å². The minimum atomic E-state index is -3.42. The van der Waals surface area contributed by atoms with Gasteiger partial charge in [0.25, 0.3) is 0 Å². The van der Waals surface area contributed by atoms with Crippen molar-refractivity contribution in [3.8, 4) is 0 Å². The van der Waals surface area contributed by atoms with Crippen LogP contribution in [0.2, 0.25) is 0 Å². The fraction of sp³-hybridized carbons (Fsp3) is 0.571. The van der Waals surface area contributed by atoms with Gasteiger partial charge in [-0.25, -0.2) is 8.42 Å². The second-order valence-corrected chi connectivity index (χ2v) is 7.10. The molecule has 4 heteroatoms. The molecule has 0 atom stereocenters. The lowest BCUT2D eigenvalue weighted by Crippen LogP contribution is -2.42. The van der Waals surface area contributed by atoms with E-state index in [0.717, 1.165) is 11.1 Å². The summed E-state index contributed by atoms with van der Waals surface area (Å²) in [4.78, 5) is 0.421. The fourth-order valence-electron chi connectivity index (χ4n) is 2.25. The van der Waals surface area contributed by atoms with E-state index in [2.05, 4.69) is 0 Å². The summed E-state index contributed by atoms with van der Waals surface area (Å²) in [6, 6.07) is 5.46. The molecule has 0 aliphatic rings. The number of nitrogens with zero attached hydrogens (tertiary/aromatic N) is 1. The molecule has 0 aromatic heterocycles. The van der Waals surface area contributed by atoms with E-state index in [1.807, 2.05) is 53.7 Å². The van der Waals surface area contributed by atoms with Gasteiger partial charge in [-0.2, -0.15) is 4.31 Å². The number of rotatable bonds is 4. The quantitative estimate of drug-likeness (QED) is 0.842. The average Bonchev–Trinajstić information content (AvgIpc) is 2.19. The Morgan fingerprint density at radius 2 is 1.50 bits per heavy atom. The Bertz CT molecular complexity index is 511. The van der Waals surface area contributed by atoms with E-state index < -0.39 is 10.0 Å². The maximum absolute atomic E-state index is 12.7. The van der Waals surface area contributed by atoms with Crippen LogP contribution in [0.3, 0.4) is 0 Å². The largest absolute Gasteiger partial charge is 0.243 e. The molecule has 0 heterocycles. The zero-order valence-electron chi connectivity index (χ0n) is 12.1. The average molecular weight is 269 g/mol. The van der Waals surface area contributed by atoms with E-state index in [0.29, 0.717) is 4.90 Å². The van der Waals surface area contributed by atoms with Gasteiger partial charge in [0.15, 0.2) is 0 Å². The summed E-state index contributed by atoms with van der Waals surface area (Å²) < 4.78 is 27.0. The second kappa shape index (κ2) is 5.41. The van der Waals surface area contributed by atoms with Gasteiger partial charge < -0.3 is 0 Å². The lowest BCUT2D eigenvalue weighted by Gasteiger charge is -2.30. The van der Waals surface area contributed by atoms with Gasteiger partial charge in [-0.15, -0.1) is 0 Å². The SMILES string of the molecule is Cc1ccc(C)c(S(=O)(=O)N(C(C)C)C(C)C)c1. The molecule has 0 radical (unpaired) electrons. The first-order valence-corrected chi connectivity index (χ1v) is 7.72. The highest BCUT2D eigenvalue weighted by Crippen LogP contribution is 2.24. The van der Waals surface area contributed by atoms with E-state index in [9.17, 15) is 8.42 Å². The zero-order valence-corrected chi connectivity index (χ0v) is 12.9. The van der Waals surface area contributed by atoms with Crippen molar-refractivity contribution in [3.63, 3.8) is 0 Å². The smallest absolute Gasteiger partial charge is 0.207 e. The molecule has 1 aromatic rings. The van der Waals surface area contributed by atoms with Gasteiger partial charge in [0.1, 0.15) is 0 Å². The number of aryl methyl sites for hydroxylation is 2. The van der Waals surface area contributed by atoms with Gasteiger partial charge in [0.05, 0.1) is 4.90 Å². The first kappa shape index (κ1) is 15.2. The van der Waals surface area contributed by atoms with E-state index in [-0.39, 0.29) is 12.1 Å². The van der Waals surface area contributed by atoms with Crippen LogP contribution >= 0.6 is 0 Å². The maximum Gasteiger partial charge on any atom is 0.243 e. The highest BCUT2D eigenvalue weighted by molar-refractivity contribution is 7.89. The predicted molar refractivity (Wildman–Crippen MR) is 75.2 cm³/mol. The van der Waals surface area contributed by atoms with Crippen molar-refractivity contribution in [2.24, 2.45) is 0 Å². The van der Waals surface area contributed by atoms with Crippen LogP contribution in [0.15, 0.2) is 23.1 Å². The van der Waals surface area contributed by atoms with E-state index in [1.54, 1.807) is 10.4 Å². The monoisotopic (exact) mass is 269 g/mol. The number of hydrogen-bond donors (Lipinski definition) is 0. The molecule has 1 aromatic carbocycles. The molecule has 0 bridgehead atoms. The Balaban J connectivity index is 3.40. The topological polar surface area (TPSA) is 37.4 Å². The minimum Gasteiger partial charge on any atom is -0.207 e. The van der Waals surface area contributed by atoms with Crippen molar-refractivity contribution in [2.75, 3.05) is 0 Å². The molecule has 0 spiro atoms. The van der Waals surface area contributed by atoms with Crippen LogP contribution in [-0.2, 0) is 10.0 Å². The molecule has 0 aliphatic carbocycles. The third kappa shape index (κ3) is 2.93. The van der Waals surface area contributed by atoms with Gasteiger partial charge in [-0.05, 0) is 58.7 Å². The molecule has 0 unspecified atom stereocenters. The van der Waals surface area contributed by atoms with Crippen molar-refractivity contribution in [1.29, 1.82) is 0 Å². The Labute approximate surface area is 111 Å². The van der Waals surface area contributed by atoms with Crippen LogP contribution < -0.4 is 0 Å². The van der Waals surface area contributed by atoms with Crippen molar-refractivity contribution in [1.82, 2.24) is 4.31 Å². The summed E-state index contributed by atoms with van der Waals surface area (Å²) >= 11 is 0. The Hall–Kier alpha value is -0.870. The summed E-state index contributed by atoms with van der Waals surface area (Å²) in [5.74, 6) is 0. The Kier molecular flexibility index (Phi) is 4.56. The van der Waals surface area contributed by atoms with Crippen LogP contribution in [0.1, 0.15) is 38.8 Å². The summed E-state index contributed by atoms with van der Waals surface area (Å²) in [5.41, 5.74) is 1.76. The zero-order chi connectivity index (χ0) is 14.1. The first-order valence-electron chi connectivity index (χ1n) is 6.28. The molecular weight excluding hydrogens is 246 g/mol. The van der Waals surface area contributed by atoms with Gasteiger partial charge in [0.2, 0.25) is 10.0 Å². The summed E-state index contributed by atoms with van der Waals surface area (Å²) in [6.07, 6.45) is 0. The van der Waals surface area contributed by atoms with Crippen LogP contribution in [-0.4, -0.2) is 24.8 Å². The minimum absolute atomic E-state index is 0.0464. The molecule has 3 nitrogen and oxygen atoms in total. The van der Waals surface area contributed by atoms with Crippen molar-refractivity contribution in [2.45, 2.75) is 58.5 Å². The van der Waals surface area contributed by atoms with Gasteiger partial charge in [-0.1, -0.05) is 12.1 Å². The van der Waals surface area contributed by atoms with E-state index >= 15 is 0 Å². The predicted octanol–water partition coefficient (Wildman–Crippen LogP) is 3.11. The fourth-order valence-corrected chi connectivity index (χ4v) is 4.40. The molecule has 0 N–H and O–H groups in total. The molecule has 0 fully saturated rings. The molecule has 102 valence electrons. The van der Waals surface area contributed by atoms with Crippen LogP contribution in [0, 0.1) is 13.8 Å². The third-order valence-electron chi connectivity index (χ3n) is 2.92. The van der Waals surface area contributed by atoms with Gasteiger partial charge in [-0.3, -0.25) is 0 Å².